The number of para-hydroxylation sites is 2. The van der Waals surface area contributed by atoms with Crippen molar-refractivity contribution in [2.24, 2.45) is 4.99 Å². The maximum atomic E-state index is 4.59. The Labute approximate surface area is 145 Å². The number of benzene rings is 1. The predicted octanol–water partition coefficient (Wildman–Crippen LogP) is 3.67. The molecule has 0 fully saturated rings. The lowest BCUT2D eigenvalue weighted by atomic mass is 10.1. The molecule has 1 aromatic rings. The number of hydrazine groups is 1. The molecule has 0 saturated carbocycles. The fraction of sp³-hybridized carbons (Fsp3) is 0.421. The summed E-state index contributed by atoms with van der Waals surface area (Å²) in [6.07, 6.45) is 9.88. The first kappa shape index (κ1) is 18.1. The van der Waals surface area contributed by atoms with Gasteiger partial charge in [-0.25, -0.2) is 10.4 Å². The Morgan fingerprint density at radius 2 is 2.08 bits per heavy atom. The lowest BCUT2D eigenvalue weighted by molar-refractivity contribution is 0.524. The van der Waals surface area contributed by atoms with E-state index in [0.29, 0.717) is 6.04 Å². The minimum absolute atomic E-state index is 0.389. The molecule has 2 rings (SSSR count). The molecular weight excluding hydrogens is 298 g/mol. The Hall–Kier alpha value is -2.27. The quantitative estimate of drug-likeness (QED) is 0.523. The zero-order chi connectivity index (χ0) is 17.2. The normalized spacial score (nSPS) is 17.7. The summed E-state index contributed by atoms with van der Waals surface area (Å²) in [6.45, 7) is 4.98. The number of hydrogen-bond donors (Lipinski definition) is 4. The minimum atomic E-state index is 0.389. The van der Waals surface area contributed by atoms with Gasteiger partial charge in [0.1, 0.15) is 5.82 Å². The van der Waals surface area contributed by atoms with Crippen LogP contribution >= 0.6 is 0 Å². The van der Waals surface area contributed by atoms with Gasteiger partial charge in [0.05, 0.1) is 11.4 Å². The monoisotopic (exact) mass is 327 g/mol. The number of allylic oxidation sites excluding steroid dienone is 1. The van der Waals surface area contributed by atoms with Crippen LogP contribution in [-0.2, 0) is 0 Å². The van der Waals surface area contributed by atoms with Crippen LogP contribution in [0.2, 0.25) is 0 Å². The molecule has 4 N–H and O–H groups in total. The highest BCUT2D eigenvalue weighted by Gasteiger charge is 2.12. The highest BCUT2D eigenvalue weighted by Crippen LogP contribution is 2.19. The van der Waals surface area contributed by atoms with E-state index in [2.05, 4.69) is 57.7 Å². The Morgan fingerprint density at radius 1 is 1.29 bits per heavy atom. The molecule has 1 unspecified atom stereocenters. The Balaban J connectivity index is 1.81. The third-order valence-corrected chi connectivity index (χ3v) is 3.88. The largest absolute Gasteiger partial charge is 0.386 e. The lowest BCUT2D eigenvalue weighted by Gasteiger charge is -2.09. The summed E-state index contributed by atoms with van der Waals surface area (Å²) in [5.41, 5.74) is 9.58. The van der Waals surface area contributed by atoms with Gasteiger partial charge < -0.3 is 16.1 Å². The summed E-state index contributed by atoms with van der Waals surface area (Å²) in [7, 11) is 1.93. The maximum absolute atomic E-state index is 4.59. The molecular formula is C19H29N5. The van der Waals surface area contributed by atoms with Gasteiger partial charge in [0.25, 0.3) is 0 Å². The Kier molecular flexibility index (Phi) is 7.36. The fourth-order valence-electron chi connectivity index (χ4n) is 2.57. The molecule has 5 nitrogen and oxygen atoms in total. The second-order valence-corrected chi connectivity index (χ2v) is 5.90. The fourth-order valence-corrected chi connectivity index (χ4v) is 2.57. The molecule has 1 aromatic carbocycles. The van der Waals surface area contributed by atoms with E-state index in [0.717, 1.165) is 35.9 Å². The van der Waals surface area contributed by atoms with Gasteiger partial charge in [-0.05, 0) is 37.6 Å². The van der Waals surface area contributed by atoms with E-state index in [1.54, 1.807) is 0 Å². The molecule has 1 atom stereocenters. The first-order valence-corrected chi connectivity index (χ1v) is 8.68. The molecule has 0 aliphatic carbocycles. The highest BCUT2D eigenvalue weighted by atomic mass is 15.4. The van der Waals surface area contributed by atoms with Gasteiger partial charge in [-0.1, -0.05) is 38.0 Å². The van der Waals surface area contributed by atoms with Crippen LogP contribution in [0.25, 0.3) is 0 Å². The van der Waals surface area contributed by atoms with Crippen molar-refractivity contribution in [1.82, 2.24) is 10.9 Å². The molecule has 1 heterocycles. The topological polar surface area (TPSA) is 60.5 Å². The van der Waals surface area contributed by atoms with Gasteiger partial charge in [0.2, 0.25) is 0 Å². The molecule has 0 bridgehead atoms. The van der Waals surface area contributed by atoms with Gasteiger partial charge in [0, 0.05) is 25.3 Å². The highest BCUT2D eigenvalue weighted by molar-refractivity contribution is 5.93. The first-order valence-electron chi connectivity index (χ1n) is 8.68. The third-order valence-electron chi connectivity index (χ3n) is 3.88. The predicted molar refractivity (Wildman–Crippen MR) is 104 cm³/mol. The van der Waals surface area contributed by atoms with Crippen LogP contribution in [0.5, 0.6) is 0 Å². The molecule has 1 aliphatic heterocycles. The lowest BCUT2D eigenvalue weighted by Crippen LogP contribution is -2.31. The van der Waals surface area contributed by atoms with Crippen LogP contribution < -0.4 is 21.5 Å². The molecule has 0 amide bonds. The van der Waals surface area contributed by atoms with Gasteiger partial charge in [-0.2, -0.15) is 0 Å². The average molecular weight is 327 g/mol. The molecule has 0 spiro atoms. The van der Waals surface area contributed by atoms with Crippen LogP contribution in [0.1, 0.15) is 33.1 Å². The van der Waals surface area contributed by atoms with Crippen LogP contribution in [0.15, 0.2) is 53.3 Å². The summed E-state index contributed by atoms with van der Waals surface area (Å²) < 4.78 is 0. The SMILES string of the molecule is CCCCC1C=C(/N=C(C)\C=C\CNc2ccccc2NC)NN1. The number of hydrogen-bond acceptors (Lipinski definition) is 5. The van der Waals surface area contributed by atoms with E-state index in [-0.39, 0.29) is 0 Å². The van der Waals surface area contributed by atoms with E-state index in [4.69, 9.17) is 0 Å². The van der Waals surface area contributed by atoms with E-state index in [1.165, 1.54) is 12.8 Å². The number of nitrogens with one attached hydrogen (secondary N) is 4. The standard InChI is InChI=1S/C19H29N5/c1-4-5-10-16-14-19(24-23-16)22-15(2)9-8-13-21-18-12-7-6-11-17(18)20-3/h6-9,11-12,14,16,20-21,23-24H,4-5,10,13H2,1-3H3/b9-8+,22-15-. The summed E-state index contributed by atoms with van der Waals surface area (Å²) >= 11 is 0. The van der Waals surface area contributed by atoms with Gasteiger partial charge in [-0.15, -0.1) is 0 Å². The van der Waals surface area contributed by atoms with Crippen LogP contribution in [-0.4, -0.2) is 25.3 Å². The summed E-state index contributed by atoms with van der Waals surface area (Å²) in [4.78, 5) is 4.59. The zero-order valence-corrected chi connectivity index (χ0v) is 14.9. The second-order valence-electron chi connectivity index (χ2n) is 5.90. The molecule has 0 saturated heterocycles. The number of nitrogens with zero attached hydrogens (tertiary/aromatic N) is 1. The molecule has 5 heteroatoms. The van der Waals surface area contributed by atoms with E-state index < -0.39 is 0 Å². The van der Waals surface area contributed by atoms with E-state index in [9.17, 15) is 0 Å². The van der Waals surface area contributed by atoms with Crippen LogP contribution in [0, 0.1) is 0 Å². The minimum Gasteiger partial charge on any atom is -0.386 e. The summed E-state index contributed by atoms with van der Waals surface area (Å²) in [6, 6.07) is 8.56. The molecule has 130 valence electrons. The molecule has 24 heavy (non-hydrogen) atoms. The Bertz CT molecular complexity index is 604. The van der Waals surface area contributed by atoms with Crippen molar-refractivity contribution in [3.63, 3.8) is 0 Å². The van der Waals surface area contributed by atoms with Crippen molar-refractivity contribution in [2.45, 2.75) is 39.2 Å². The second kappa shape index (κ2) is 9.78. The van der Waals surface area contributed by atoms with Gasteiger partial charge >= 0.3 is 0 Å². The van der Waals surface area contributed by atoms with Crippen molar-refractivity contribution < 1.29 is 0 Å². The Morgan fingerprint density at radius 3 is 2.83 bits per heavy atom. The zero-order valence-electron chi connectivity index (χ0n) is 14.9. The van der Waals surface area contributed by atoms with Gasteiger partial charge in [-0.3, -0.25) is 0 Å². The number of aliphatic imine (C=N–C) groups is 1. The van der Waals surface area contributed by atoms with Gasteiger partial charge in [0.15, 0.2) is 0 Å². The van der Waals surface area contributed by atoms with Crippen molar-refractivity contribution >= 4 is 17.1 Å². The molecule has 1 aliphatic rings. The van der Waals surface area contributed by atoms with Crippen molar-refractivity contribution in [3.8, 4) is 0 Å². The van der Waals surface area contributed by atoms with E-state index in [1.807, 2.05) is 32.2 Å². The van der Waals surface area contributed by atoms with Crippen molar-refractivity contribution in [1.29, 1.82) is 0 Å². The maximum Gasteiger partial charge on any atom is 0.137 e. The number of unbranched alkanes of at least 4 members (excludes halogenated alkanes) is 1. The molecule has 0 aromatic heterocycles. The average Bonchev–Trinajstić information content (AvgIpc) is 3.04. The number of anilines is 2. The van der Waals surface area contributed by atoms with Crippen molar-refractivity contribution in [2.75, 3.05) is 24.2 Å². The van der Waals surface area contributed by atoms with Crippen LogP contribution in [0.4, 0.5) is 11.4 Å². The number of rotatable bonds is 9. The summed E-state index contributed by atoms with van der Waals surface area (Å²) in [5, 5.41) is 6.58. The third kappa shape index (κ3) is 5.74. The van der Waals surface area contributed by atoms with E-state index >= 15 is 0 Å². The smallest absolute Gasteiger partial charge is 0.137 e. The van der Waals surface area contributed by atoms with Crippen LogP contribution in [0.3, 0.4) is 0 Å². The first-order chi connectivity index (χ1) is 11.7. The van der Waals surface area contributed by atoms with Crippen molar-refractivity contribution in [3.05, 3.63) is 48.3 Å². The molecule has 0 radical (unpaired) electrons. The summed E-state index contributed by atoms with van der Waals surface area (Å²) in [5.74, 6) is 0.909.